The number of aryl methyl sites for hydroxylation is 2. The molecule has 0 amide bonds. The fourth-order valence-electron chi connectivity index (χ4n) is 5.21. The number of fused-ring (bicyclic) bond motifs is 3. The van der Waals surface area contributed by atoms with Gasteiger partial charge < -0.3 is 15.0 Å². The minimum atomic E-state index is -4.00. The van der Waals surface area contributed by atoms with E-state index in [0.29, 0.717) is 23.1 Å². The van der Waals surface area contributed by atoms with Gasteiger partial charge in [0.2, 0.25) is 14.9 Å². The Kier molecular flexibility index (Phi) is 4.99. The zero-order valence-corrected chi connectivity index (χ0v) is 20.4. The monoisotopic (exact) mass is 494 g/mol. The summed E-state index contributed by atoms with van der Waals surface area (Å²) >= 11 is 0. The Morgan fingerprint density at radius 3 is 2.77 bits per heavy atom. The molecule has 0 radical (unpaired) electrons. The average molecular weight is 495 g/mol. The van der Waals surface area contributed by atoms with Crippen LogP contribution in [0.4, 0.5) is 5.69 Å². The molecule has 2 aliphatic heterocycles. The summed E-state index contributed by atoms with van der Waals surface area (Å²) in [6.45, 7) is 7.57. The molecule has 1 atom stereocenters. The standard InChI is InChI=1S/C24H26N6O4S/c1-15-3-6-20(16(2)11-15)35(32,33)23-21-26-22(31)18-5-4-17(12-19(18)30(21)28-27-23)29-9-7-24(14-29)13-25-8-10-34-24/h3-6,11-12,25,28H,7-10,13-14H2,1-2H3. The highest BCUT2D eigenvalue weighted by molar-refractivity contribution is 7.91. The van der Waals surface area contributed by atoms with Crippen LogP contribution in [0.2, 0.25) is 0 Å². The smallest absolute Gasteiger partial charge is 0.281 e. The number of nitrogens with one attached hydrogen (secondary N) is 2. The minimum absolute atomic E-state index is 0.0164. The summed E-state index contributed by atoms with van der Waals surface area (Å²) in [5.74, 6) is 0. The predicted molar refractivity (Wildman–Crippen MR) is 131 cm³/mol. The van der Waals surface area contributed by atoms with Crippen LogP contribution in [0.5, 0.6) is 0 Å². The number of hydrogen-bond donors (Lipinski definition) is 2. The molecule has 182 valence electrons. The first-order valence-electron chi connectivity index (χ1n) is 11.6. The molecule has 35 heavy (non-hydrogen) atoms. The number of sulfone groups is 1. The van der Waals surface area contributed by atoms with Crippen LogP contribution in [0, 0.1) is 13.8 Å². The zero-order chi connectivity index (χ0) is 24.4. The number of aromatic nitrogens is 4. The summed E-state index contributed by atoms with van der Waals surface area (Å²) in [5.41, 5.74) is 2.30. The molecule has 0 saturated carbocycles. The second-order valence-electron chi connectivity index (χ2n) is 9.45. The van der Waals surface area contributed by atoms with E-state index in [2.05, 4.69) is 25.5 Å². The second-order valence-corrected chi connectivity index (χ2v) is 11.3. The Morgan fingerprint density at radius 1 is 1.14 bits per heavy atom. The Morgan fingerprint density at radius 2 is 2.00 bits per heavy atom. The summed E-state index contributed by atoms with van der Waals surface area (Å²) in [7, 11) is -4.00. The van der Waals surface area contributed by atoms with Crippen molar-refractivity contribution in [2.24, 2.45) is 0 Å². The summed E-state index contributed by atoms with van der Waals surface area (Å²) in [4.78, 5) is 19.4. The lowest BCUT2D eigenvalue weighted by Gasteiger charge is -2.34. The molecule has 11 heteroatoms. The third-order valence-electron chi connectivity index (χ3n) is 7.00. The molecular formula is C24H26N6O4S. The van der Waals surface area contributed by atoms with Crippen LogP contribution in [0.3, 0.4) is 0 Å². The molecule has 1 unspecified atom stereocenters. The van der Waals surface area contributed by atoms with Gasteiger partial charge in [0, 0.05) is 31.9 Å². The van der Waals surface area contributed by atoms with Crippen molar-refractivity contribution in [3.63, 3.8) is 0 Å². The molecule has 2 aromatic heterocycles. The molecule has 0 bridgehead atoms. The van der Waals surface area contributed by atoms with Crippen LogP contribution in [0.1, 0.15) is 17.5 Å². The largest absolute Gasteiger partial charge is 0.370 e. The molecule has 2 N–H and O–H groups in total. The van der Waals surface area contributed by atoms with Crippen molar-refractivity contribution >= 4 is 32.1 Å². The maximum Gasteiger partial charge on any atom is 0.281 e. The summed E-state index contributed by atoms with van der Waals surface area (Å²) in [6.07, 6.45) is 0.909. The van der Waals surface area contributed by atoms with E-state index in [-0.39, 0.29) is 21.2 Å². The molecule has 2 fully saturated rings. The van der Waals surface area contributed by atoms with Crippen molar-refractivity contribution in [1.82, 2.24) is 25.1 Å². The van der Waals surface area contributed by atoms with E-state index in [4.69, 9.17) is 4.74 Å². The number of hydrogen-bond acceptors (Lipinski definition) is 8. The van der Waals surface area contributed by atoms with E-state index in [1.165, 1.54) is 4.52 Å². The van der Waals surface area contributed by atoms with Crippen LogP contribution in [-0.2, 0) is 14.6 Å². The van der Waals surface area contributed by atoms with Gasteiger partial charge in [0.05, 0.1) is 28.0 Å². The second kappa shape index (κ2) is 7.87. The first kappa shape index (κ1) is 22.2. The van der Waals surface area contributed by atoms with Crippen molar-refractivity contribution in [3.8, 4) is 0 Å². The first-order valence-corrected chi connectivity index (χ1v) is 13.1. The van der Waals surface area contributed by atoms with Gasteiger partial charge >= 0.3 is 0 Å². The fourth-order valence-corrected chi connectivity index (χ4v) is 6.69. The number of anilines is 1. The van der Waals surface area contributed by atoms with Crippen molar-refractivity contribution in [2.75, 3.05) is 37.7 Å². The summed E-state index contributed by atoms with van der Waals surface area (Å²) in [5, 5.41) is 10.4. The van der Waals surface area contributed by atoms with Gasteiger partial charge in [-0.05, 0) is 50.1 Å². The maximum absolute atomic E-state index is 13.5. The third-order valence-corrected chi connectivity index (χ3v) is 8.82. The molecule has 1 spiro atoms. The topological polar surface area (TPSA) is 122 Å². The van der Waals surface area contributed by atoms with Gasteiger partial charge in [0.1, 0.15) is 0 Å². The lowest BCUT2D eigenvalue weighted by molar-refractivity contribution is -0.0496. The Hall–Kier alpha value is -3.28. The Bertz CT molecular complexity index is 1640. The van der Waals surface area contributed by atoms with E-state index in [1.807, 2.05) is 19.1 Å². The van der Waals surface area contributed by atoms with Crippen LogP contribution in [-0.4, -0.2) is 66.6 Å². The first-order chi connectivity index (χ1) is 16.8. The van der Waals surface area contributed by atoms with Gasteiger partial charge in [-0.15, -0.1) is 5.10 Å². The predicted octanol–water partition coefficient (Wildman–Crippen LogP) is 1.59. The molecule has 4 aromatic rings. The Balaban J connectivity index is 1.46. The number of nitrogens with zero attached hydrogens (tertiary/aromatic N) is 4. The van der Waals surface area contributed by atoms with Gasteiger partial charge in [0.15, 0.2) is 5.65 Å². The van der Waals surface area contributed by atoms with Crippen LogP contribution in [0.15, 0.2) is 51.1 Å². The molecule has 2 aromatic carbocycles. The Labute approximate surface area is 201 Å². The lowest BCUT2D eigenvalue weighted by Crippen LogP contribution is -2.51. The highest BCUT2D eigenvalue weighted by Gasteiger charge is 2.40. The average Bonchev–Trinajstić information content (AvgIpc) is 3.44. The number of ether oxygens (including phenoxy) is 1. The van der Waals surface area contributed by atoms with Gasteiger partial charge in [0.25, 0.3) is 5.56 Å². The molecule has 10 nitrogen and oxygen atoms in total. The number of morpholine rings is 1. The van der Waals surface area contributed by atoms with E-state index >= 15 is 0 Å². The summed E-state index contributed by atoms with van der Waals surface area (Å²) in [6, 6.07) is 10.6. The van der Waals surface area contributed by atoms with Crippen LogP contribution in [0.25, 0.3) is 16.6 Å². The highest BCUT2D eigenvalue weighted by Crippen LogP contribution is 2.32. The molecule has 2 saturated heterocycles. The van der Waals surface area contributed by atoms with Crippen molar-refractivity contribution in [1.29, 1.82) is 0 Å². The highest BCUT2D eigenvalue weighted by atomic mass is 32.2. The summed E-state index contributed by atoms with van der Waals surface area (Å²) < 4.78 is 34.5. The minimum Gasteiger partial charge on any atom is -0.370 e. The molecule has 4 heterocycles. The van der Waals surface area contributed by atoms with E-state index in [0.717, 1.165) is 43.9 Å². The van der Waals surface area contributed by atoms with Crippen molar-refractivity contribution in [2.45, 2.75) is 35.8 Å². The van der Waals surface area contributed by atoms with E-state index in [1.54, 1.807) is 31.2 Å². The van der Waals surface area contributed by atoms with Crippen LogP contribution < -0.4 is 15.8 Å². The number of H-pyrrole nitrogens is 1. The number of rotatable bonds is 3. The maximum atomic E-state index is 13.5. The van der Waals surface area contributed by atoms with Gasteiger partial charge in [-0.2, -0.15) is 4.98 Å². The van der Waals surface area contributed by atoms with Crippen LogP contribution >= 0.6 is 0 Å². The van der Waals surface area contributed by atoms with E-state index in [9.17, 15) is 13.2 Å². The quantitative estimate of drug-likeness (QED) is 0.440. The van der Waals surface area contributed by atoms with Gasteiger partial charge in [-0.3, -0.25) is 4.79 Å². The van der Waals surface area contributed by atoms with Crippen molar-refractivity contribution in [3.05, 3.63) is 57.9 Å². The molecule has 2 aliphatic rings. The van der Waals surface area contributed by atoms with Crippen molar-refractivity contribution < 1.29 is 13.2 Å². The number of benzene rings is 2. The third kappa shape index (κ3) is 3.53. The van der Waals surface area contributed by atoms with E-state index < -0.39 is 15.4 Å². The number of aromatic amines is 1. The van der Waals surface area contributed by atoms with Gasteiger partial charge in [-0.25, -0.2) is 18.1 Å². The zero-order valence-electron chi connectivity index (χ0n) is 19.5. The van der Waals surface area contributed by atoms with Gasteiger partial charge in [-0.1, -0.05) is 17.7 Å². The lowest BCUT2D eigenvalue weighted by atomic mass is 10.0. The normalized spacial score (nSPS) is 20.9. The molecule has 6 rings (SSSR count). The molecular weight excluding hydrogens is 468 g/mol. The SMILES string of the molecule is Cc1ccc(S(=O)(=O)c2n[nH]n3c2nc(=O)c2ccc(N4CCC5(CNCCO5)C4)cc23)c(C)c1. The fraction of sp³-hybridized carbons (Fsp3) is 0.375. The molecule has 0 aliphatic carbocycles.